The molecule has 2 heterocycles. The number of carbonyl (C=O) groups is 1. The molecule has 2 aromatic carbocycles. The van der Waals surface area contributed by atoms with Gasteiger partial charge in [0.15, 0.2) is 17.3 Å². The molecule has 0 spiro atoms. The van der Waals surface area contributed by atoms with Gasteiger partial charge in [-0.1, -0.05) is 23.4 Å². The highest BCUT2D eigenvalue weighted by atomic mass is 16.5. The van der Waals surface area contributed by atoms with Crippen LogP contribution in [0.3, 0.4) is 0 Å². The zero-order valence-corrected chi connectivity index (χ0v) is 23.1. The molecule has 1 aliphatic heterocycles. The summed E-state index contributed by atoms with van der Waals surface area (Å²) in [5, 5.41) is 15.5. The maximum atomic E-state index is 12.2. The van der Waals surface area contributed by atoms with Gasteiger partial charge in [0, 0.05) is 29.8 Å². The van der Waals surface area contributed by atoms with E-state index >= 15 is 0 Å². The summed E-state index contributed by atoms with van der Waals surface area (Å²) in [6, 6.07) is 12.0. The summed E-state index contributed by atoms with van der Waals surface area (Å²) in [7, 11) is 0. The summed E-state index contributed by atoms with van der Waals surface area (Å²) in [6.07, 6.45) is 2.77. The molecule has 1 aliphatic carbocycles. The Labute approximate surface area is 229 Å². The Bertz CT molecular complexity index is 1300. The van der Waals surface area contributed by atoms with Crippen LogP contribution >= 0.6 is 0 Å². The predicted molar refractivity (Wildman–Crippen MR) is 148 cm³/mol. The Morgan fingerprint density at radius 1 is 1.08 bits per heavy atom. The largest absolute Gasteiger partial charge is 0.490 e. The fourth-order valence-corrected chi connectivity index (χ4v) is 5.71. The van der Waals surface area contributed by atoms with Crippen molar-refractivity contribution < 1.29 is 28.6 Å². The first-order chi connectivity index (χ1) is 19.0. The fraction of sp³-hybridized carbons (Fsp3) is 0.484. The number of aromatic nitrogens is 1. The Balaban J connectivity index is 1.32. The van der Waals surface area contributed by atoms with Crippen molar-refractivity contribution in [3.8, 4) is 34.1 Å². The Morgan fingerprint density at radius 3 is 2.69 bits per heavy atom. The van der Waals surface area contributed by atoms with Gasteiger partial charge in [0.2, 0.25) is 0 Å². The summed E-state index contributed by atoms with van der Waals surface area (Å²) in [6.45, 7) is 9.24. The molecule has 1 saturated heterocycles. The maximum Gasteiger partial charge on any atom is 0.310 e. The molecule has 0 amide bonds. The first-order valence-electron chi connectivity index (χ1n) is 14.1. The number of ether oxygens (including phenoxy) is 3. The minimum Gasteiger partial charge on any atom is -0.490 e. The van der Waals surface area contributed by atoms with E-state index in [2.05, 4.69) is 16.1 Å². The summed E-state index contributed by atoms with van der Waals surface area (Å²) < 4.78 is 22.6. The molecule has 1 aromatic heterocycles. The minimum atomic E-state index is -0.633. The molecule has 0 radical (unpaired) electrons. The Morgan fingerprint density at radius 2 is 1.90 bits per heavy atom. The number of esters is 1. The molecule has 8 heteroatoms. The van der Waals surface area contributed by atoms with Gasteiger partial charge in [0.1, 0.15) is 5.69 Å². The van der Waals surface area contributed by atoms with E-state index in [1.165, 1.54) is 0 Å². The van der Waals surface area contributed by atoms with E-state index in [0.29, 0.717) is 44.4 Å². The van der Waals surface area contributed by atoms with Gasteiger partial charge >= 0.3 is 5.97 Å². The van der Waals surface area contributed by atoms with E-state index in [4.69, 9.17) is 18.7 Å². The third-order valence-electron chi connectivity index (χ3n) is 7.56. The first kappa shape index (κ1) is 27.2. The number of fused-ring (bicyclic) bond motifs is 3. The Hall–Kier alpha value is -3.36. The van der Waals surface area contributed by atoms with E-state index < -0.39 is 6.10 Å². The molecular formula is C31H38N2O6. The summed E-state index contributed by atoms with van der Waals surface area (Å²) in [5.41, 5.74) is 5.93. The summed E-state index contributed by atoms with van der Waals surface area (Å²) >= 11 is 0. The zero-order valence-electron chi connectivity index (χ0n) is 23.1. The normalized spacial score (nSPS) is 17.7. The van der Waals surface area contributed by atoms with Crippen LogP contribution in [0.4, 0.5) is 0 Å². The van der Waals surface area contributed by atoms with E-state index in [9.17, 15) is 9.90 Å². The zero-order chi connectivity index (χ0) is 27.4. The molecule has 0 unspecified atom stereocenters. The van der Waals surface area contributed by atoms with Gasteiger partial charge < -0.3 is 23.8 Å². The molecule has 208 valence electrons. The number of rotatable bonds is 10. The lowest BCUT2D eigenvalue weighted by atomic mass is 9.86. The number of piperidine rings is 1. The molecule has 5 rings (SSSR count). The van der Waals surface area contributed by atoms with Crippen LogP contribution in [0.2, 0.25) is 0 Å². The molecule has 0 saturated carbocycles. The number of carbonyl (C=O) groups excluding carboxylic acids is 1. The molecular weight excluding hydrogens is 496 g/mol. The lowest BCUT2D eigenvalue weighted by molar-refractivity contribution is -0.150. The molecule has 2 atom stereocenters. The van der Waals surface area contributed by atoms with Gasteiger partial charge in [-0.2, -0.15) is 0 Å². The maximum absolute atomic E-state index is 12.2. The van der Waals surface area contributed by atoms with Crippen molar-refractivity contribution in [2.24, 2.45) is 5.92 Å². The average molecular weight is 535 g/mol. The average Bonchev–Trinajstić information content (AvgIpc) is 3.39. The minimum absolute atomic E-state index is 0.116. The summed E-state index contributed by atoms with van der Waals surface area (Å²) in [4.78, 5) is 14.4. The monoisotopic (exact) mass is 534 g/mol. The number of likely N-dealkylation sites (tertiary alicyclic amines) is 1. The second-order valence-electron chi connectivity index (χ2n) is 10.1. The van der Waals surface area contributed by atoms with Crippen LogP contribution in [-0.2, 0) is 22.4 Å². The Kier molecular flexibility index (Phi) is 8.53. The van der Waals surface area contributed by atoms with Gasteiger partial charge in [0.05, 0.1) is 31.8 Å². The molecule has 2 aliphatic rings. The number of β-amino-alcohol motifs (C(OH)–C–C–N with tert-alkyl or cyclic N) is 1. The second-order valence-corrected chi connectivity index (χ2v) is 10.1. The third kappa shape index (κ3) is 5.82. The number of aliphatic hydroxyl groups is 1. The van der Waals surface area contributed by atoms with Crippen LogP contribution in [-0.4, -0.2) is 60.6 Å². The molecule has 1 fully saturated rings. The van der Waals surface area contributed by atoms with Crippen molar-refractivity contribution in [3.63, 3.8) is 0 Å². The first-order valence-corrected chi connectivity index (χ1v) is 14.1. The quantitative estimate of drug-likeness (QED) is 0.354. The van der Waals surface area contributed by atoms with Gasteiger partial charge in [-0.3, -0.25) is 9.69 Å². The van der Waals surface area contributed by atoms with E-state index in [-0.39, 0.29) is 11.9 Å². The lowest BCUT2D eigenvalue weighted by Crippen LogP contribution is -2.41. The molecule has 39 heavy (non-hydrogen) atoms. The topological polar surface area (TPSA) is 94.3 Å². The predicted octanol–water partition coefficient (Wildman–Crippen LogP) is 5.21. The number of hydrogen-bond donors (Lipinski definition) is 1. The number of hydrogen-bond acceptors (Lipinski definition) is 8. The molecule has 3 aromatic rings. The highest BCUT2D eigenvalue weighted by Crippen LogP contribution is 2.41. The fourth-order valence-electron chi connectivity index (χ4n) is 5.71. The van der Waals surface area contributed by atoms with Crippen LogP contribution in [0.25, 0.3) is 22.6 Å². The van der Waals surface area contributed by atoms with Crippen LogP contribution in [0, 0.1) is 5.92 Å². The van der Waals surface area contributed by atoms with Gasteiger partial charge in [-0.15, -0.1) is 0 Å². The van der Waals surface area contributed by atoms with Crippen molar-refractivity contribution in [2.75, 3.05) is 39.5 Å². The van der Waals surface area contributed by atoms with Crippen molar-refractivity contribution >= 4 is 5.97 Å². The number of aryl methyl sites for hydroxylation is 1. The van der Waals surface area contributed by atoms with E-state index in [1.54, 1.807) is 0 Å². The molecule has 8 nitrogen and oxygen atoms in total. The number of aliphatic hydroxyl groups excluding tert-OH is 1. The van der Waals surface area contributed by atoms with Crippen molar-refractivity contribution in [3.05, 3.63) is 53.1 Å². The molecule has 0 bridgehead atoms. The smallest absolute Gasteiger partial charge is 0.310 e. The molecule has 1 N–H and O–H groups in total. The van der Waals surface area contributed by atoms with E-state index in [1.807, 2.05) is 51.1 Å². The van der Waals surface area contributed by atoms with Crippen molar-refractivity contribution in [1.82, 2.24) is 10.1 Å². The number of benzene rings is 2. The van der Waals surface area contributed by atoms with Crippen LogP contribution in [0.1, 0.15) is 56.4 Å². The highest BCUT2D eigenvalue weighted by Gasteiger charge is 2.29. The van der Waals surface area contributed by atoms with Crippen LogP contribution < -0.4 is 9.47 Å². The van der Waals surface area contributed by atoms with Crippen molar-refractivity contribution in [2.45, 2.75) is 52.6 Å². The standard InChI is InChI=1S/C31H38N2O6/c1-4-36-27-14-11-22(17-28(27)37-5-2)30-25-13-9-20-16-21(10-12-24(20)29(25)32-39-30)26(34)19-33-15-7-8-23(18-33)31(35)38-6-3/h10-12,14,16-17,23,26,34H,4-9,13,15,18-19H2,1-3H3/t23-,26+/m0/s1. The SMILES string of the molecule is CCOC(=O)[C@H]1CCCN(C[C@@H](O)c2ccc3c(c2)CCc2c-3noc2-c2ccc(OCC)c(OCC)c2)C1. The van der Waals surface area contributed by atoms with Gasteiger partial charge in [-0.25, -0.2) is 0 Å². The summed E-state index contributed by atoms with van der Waals surface area (Å²) in [5.74, 6) is 1.92. The number of nitrogens with zero attached hydrogens (tertiary/aromatic N) is 2. The highest BCUT2D eigenvalue weighted by molar-refractivity contribution is 5.77. The lowest BCUT2D eigenvalue weighted by Gasteiger charge is -2.33. The van der Waals surface area contributed by atoms with Gasteiger partial charge in [-0.05, 0) is 82.3 Å². The van der Waals surface area contributed by atoms with Crippen molar-refractivity contribution in [1.29, 1.82) is 0 Å². The second kappa shape index (κ2) is 12.2. The third-order valence-corrected chi connectivity index (χ3v) is 7.56. The van der Waals surface area contributed by atoms with Crippen LogP contribution in [0.15, 0.2) is 40.9 Å². The van der Waals surface area contributed by atoms with Gasteiger partial charge in [0.25, 0.3) is 0 Å². The van der Waals surface area contributed by atoms with Crippen LogP contribution in [0.5, 0.6) is 11.5 Å². The van der Waals surface area contributed by atoms with E-state index in [0.717, 1.165) is 71.5 Å².